The average molecular weight is 370 g/mol. The van der Waals surface area contributed by atoms with Crippen LogP contribution in [0.1, 0.15) is 39.5 Å². The molecule has 0 bridgehead atoms. The molecule has 1 N–H and O–H groups in total. The van der Waals surface area contributed by atoms with Crippen molar-refractivity contribution >= 4 is 17.8 Å². The predicted octanol–water partition coefficient (Wildman–Crippen LogP) is 0.488. The van der Waals surface area contributed by atoms with E-state index in [-0.39, 0.29) is 35.8 Å². The van der Waals surface area contributed by atoms with Gasteiger partial charge in [-0.05, 0) is 31.6 Å². The lowest BCUT2D eigenvalue weighted by Gasteiger charge is -2.26. The van der Waals surface area contributed by atoms with E-state index >= 15 is 0 Å². The SMILES string of the molecule is CCOC(=O)[C@@H]1C[C@]2(C)C[C@@H]2N1C(=O)CNC(=O)CCCOCCOC. The number of piperidine rings is 1. The molecule has 2 amide bonds. The highest BCUT2D eigenvalue weighted by atomic mass is 16.5. The smallest absolute Gasteiger partial charge is 0.328 e. The van der Waals surface area contributed by atoms with Crippen molar-refractivity contribution in [2.45, 2.75) is 51.6 Å². The van der Waals surface area contributed by atoms with E-state index in [1.807, 2.05) is 0 Å². The van der Waals surface area contributed by atoms with Crippen LogP contribution in [0.3, 0.4) is 0 Å². The van der Waals surface area contributed by atoms with Gasteiger partial charge in [-0.25, -0.2) is 4.79 Å². The molecule has 26 heavy (non-hydrogen) atoms. The van der Waals surface area contributed by atoms with Crippen molar-refractivity contribution in [2.24, 2.45) is 5.41 Å². The highest BCUT2D eigenvalue weighted by Gasteiger charge is 2.64. The fraction of sp³-hybridized carbons (Fsp3) is 0.833. The third-order valence-corrected chi connectivity index (χ3v) is 5.04. The Labute approximate surface area is 154 Å². The van der Waals surface area contributed by atoms with Crippen LogP contribution < -0.4 is 5.32 Å². The molecule has 1 heterocycles. The maximum absolute atomic E-state index is 12.6. The van der Waals surface area contributed by atoms with Crippen molar-refractivity contribution in [3.05, 3.63) is 0 Å². The molecule has 2 aliphatic rings. The summed E-state index contributed by atoms with van der Waals surface area (Å²) in [6.07, 6.45) is 2.42. The van der Waals surface area contributed by atoms with E-state index in [2.05, 4.69) is 12.2 Å². The van der Waals surface area contributed by atoms with Gasteiger partial charge in [-0.3, -0.25) is 9.59 Å². The summed E-state index contributed by atoms with van der Waals surface area (Å²) in [6, 6.07) is -0.451. The molecule has 1 aliphatic heterocycles. The summed E-state index contributed by atoms with van der Waals surface area (Å²) in [6.45, 7) is 5.54. The Morgan fingerprint density at radius 3 is 2.65 bits per heavy atom. The van der Waals surface area contributed by atoms with Crippen LogP contribution in [0.15, 0.2) is 0 Å². The van der Waals surface area contributed by atoms with Crippen molar-refractivity contribution in [3.8, 4) is 0 Å². The van der Waals surface area contributed by atoms with Gasteiger partial charge in [0.05, 0.1) is 26.4 Å². The molecule has 1 saturated carbocycles. The Bertz CT molecular complexity index is 526. The maximum atomic E-state index is 12.6. The van der Waals surface area contributed by atoms with E-state index < -0.39 is 6.04 Å². The van der Waals surface area contributed by atoms with E-state index in [0.717, 1.165) is 6.42 Å². The lowest BCUT2D eigenvalue weighted by molar-refractivity contribution is -0.153. The monoisotopic (exact) mass is 370 g/mol. The summed E-state index contributed by atoms with van der Waals surface area (Å²) in [4.78, 5) is 38.2. The zero-order chi connectivity index (χ0) is 19.2. The molecule has 0 unspecified atom stereocenters. The van der Waals surface area contributed by atoms with E-state index in [9.17, 15) is 14.4 Å². The normalized spacial score (nSPS) is 26.3. The number of nitrogens with one attached hydrogen (secondary N) is 1. The second-order valence-corrected chi connectivity index (χ2v) is 7.13. The molecule has 0 spiro atoms. The van der Waals surface area contributed by atoms with Gasteiger partial charge in [-0.1, -0.05) is 6.92 Å². The minimum atomic E-state index is -0.530. The van der Waals surface area contributed by atoms with Crippen LogP contribution in [-0.2, 0) is 28.6 Å². The fourth-order valence-electron chi connectivity index (χ4n) is 3.51. The molecule has 2 rings (SSSR count). The van der Waals surface area contributed by atoms with Crippen LogP contribution in [0.25, 0.3) is 0 Å². The zero-order valence-corrected chi connectivity index (χ0v) is 15.9. The average Bonchev–Trinajstić information content (AvgIpc) is 3.17. The number of hydrogen-bond acceptors (Lipinski definition) is 6. The predicted molar refractivity (Wildman–Crippen MR) is 93.3 cm³/mol. The number of amides is 2. The first-order valence-electron chi connectivity index (χ1n) is 9.24. The molecule has 0 aromatic carbocycles. The van der Waals surface area contributed by atoms with Crippen LogP contribution in [0.2, 0.25) is 0 Å². The number of carbonyl (C=O) groups is 3. The maximum Gasteiger partial charge on any atom is 0.328 e. The van der Waals surface area contributed by atoms with Crippen LogP contribution >= 0.6 is 0 Å². The Hall–Kier alpha value is -1.67. The second-order valence-electron chi connectivity index (χ2n) is 7.13. The van der Waals surface area contributed by atoms with E-state index in [4.69, 9.17) is 14.2 Å². The zero-order valence-electron chi connectivity index (χ0n) is 15.9. The summed E-state index contributed by atoms with van der Waals surface area (Å²) in [5.74, 6) is -0.771. The molecule has 1 aliphatic carbocycles. The Kier molecular flexibility index (Phi) is 7.40. The molecule has 2 fully saturated rings. The number of nitrogens with zero attached hydrogens (tertiary/aromatic N) is 1. The van der Waals surface area contributed by atoms with Crippen molar-refractivity contribution in [1.29, 1.82) is 0 Å². The molecule has 148 valence electrons. The van der Waals surface area contributed by atoms with Crippen LogP contribution in [0.4, 0.5) is 0 Å². The minimum Gasteiger partial charge on any atom is -0.464 e. The number of ether oxygens (including phenoxy) is 3. The van der Waals surface area contributed by atoms with Gasteiger partial charge in [0, 0.05) is 26.2 Å². The van der Waals surface area contributed by atoms with Gasteiger partial charge in [0.25, 0.3) is 0 Å². The first-order valence-corrected chi connectivity index (χ1v) is 9.24. The van der Waals surface area contributed by atoms with Gasteiger partial charge in [0.1, 0.15) is 6.04 Å². The number of rotatable bonds is 11. The largest absolute Gasteiger partial charge is 0.464 e. The Balaban J connectivity index is 1.72. The molecule has 0 aromatic heterocycles. The summed E-state index contributed by atoms with van der Waals surface area (Å²) in [7, 11) is 1.60. The van der Waals surface area contributed by atoms with Crippen molar-refractivity contribution in [3.63, 3.8) is 0 Å². The van der Waals surface area contributed by atoms with Gasteiger partial charge in [-0.15, -0.1) is 0 Å². The molecule has 3 atom stereocenters. The van der Waals surface area contributed by atoms with Crippen LogP contribution in [0.5, 0.6) is 0 Å². The molecule has 8 nitrogen and oxygen atoms in total. The van der Waals surface area contributed by atoms with Crippen LogP contribution in [0, 0.1) is 5.41 Å². The topological polar surface area (TPSA) is 94.2 Å². The fourth-order valence-corrected chi connectivity index (χ4v) is 3.51. The molecule has 0 radical (unpaired) electrons. The van der Waals surface area contributed by atoms with Gasteiger partial charge in [0.15, 0.2) is 0 Å². The summed E-state index contributed by atoms with van der Waals surface area (Å²) in [5, 5.41) is 2.64. The van der Waals surface area contributed by atoms with Crippen molar-refractivity contribution < 1.29 is 28.6 Å². The third-order valence-electron chi connectivity index (χ3n) is 5.04. The summed E-state index contributed by atoms with van der Waals surface area (Å²) >= 11 is 0. The molecule has 1 saturated heterocycles. The van der Waals surface area contributed by atoms with Gasteiger partial charge < -0.3 is 24.4 Å². The number of carbonyl (C=O) groups excluding carboxylic acids is 3. The first kappa shape index (κ1) is 20.6. The van der Waals surface area contributed by atoms with E-state index in [1.54, 1.807) is 18.9 Å². The number of likely N-dealkylation sites (tertiary alicyclic amines) is 1. The van der Waals surface area contributed by atoms with Crippen molar-refractivity contribution in [2.75, 3.05) is 40.1 Å². The Morgan fingerprint density at radius 2 is 1.96 bits per heavy atom. The Morgan fingerprint density at radius 1 is 1.19 bits per heavy atom. The van der Waals surface area contributed by atoms with Gasteiger partial charge in [-0.2, -0.15) is 0 Å². The van der Waals surface area contributed by atoms with E-state index in [0.29, 0.717) is 45.7 Å². The third kappa shape index (κ3) is 5.17. The van der Waals surface area contributed by atoms with Gasteiger partial charge >= 0.3 is 5.97 Å². The van der Waals surface area contributed by atoms with Crippen molar-refractivity contribution in [1.82, 2.24) is 10.2 Å². The minimum absolute atomic E-state index is 0.0106. The standard InChI is InChI=1S/C18H30N2O6/c1-4-26-17(23)13-10-18(2)11-14(18)20(13)16(22)12-19-15(21)6-5-7-25-9-8-24-3/h13-14H,4-12H2,1-3H3,(H,19,21)/t13-,14-,18+/m0/s1. The van der Waals surface area contributed by atoms with Gasteiger partial charge in [0.2, 0.25) is 11.8 Å². The lowest BCUT2D eigenvalue weighted by atomic mass is 10.0. The van der Waals surface area contributed by atoms with E-state index in [1.165, 1.54) is 0 Å². The van der Waals surface area contributed by atoms with Crippen LogP contribution in [-0.4, -0.2) is 74.8 Å². The lowest BCUT2D eigenvalue weighted by Crippen LogP contribution is -2.48. The number of esters is 1. The second kappa shape index (κ2) is 9.32. The first-order chi connectivity index (χ1) is 12.4. The molecular formula is C18H30N2O6. The number of methoxy groups -OCH3 is 1. The highest BCUT2D eigenvalue weighted by Crippen LogP contribution is 2.59. The summed E-state index contributed by atoms with van der Waals surface area (Å²) in [5.41, 5.74) is 0.0106. The number of hydrogen-bond donors (Lipinski definition) is 1. The summed E-state index contributed by atoms with van der Waals surface area (Å²) < 4.78 is 15.3. The quantitative estimate of drug-likeness (QED) is 0.420. The highest BCUT2D eigenvalue weighted by molar-refractivity contribution is 5.90. The molecular weight excluding hydrogens is 340 g/mol. The number of fused-ring (bicyclic) bond motifs is 1. The molecule has 8 heteroatoms. The molecule has 0 aromatic rings.